The quantitative estimate of drug-likeness (QED) is 0.0370. The summed E-state index contributed by atoms with van der Waals surface area (Å²) < 4.78 is 36.1. The van der Waals surface area contributed by atoms with Gasteiger partial charge in [-0.1, -0.05) is 181 Å². The Balaban J connectivity index is 3.97. The Morgan fingerprint density at radius 3 is 1.11 bits per heavy atom. The van der Waals surface area contributed by atoms with Gasteiger partial charge in [0.2, 0.25) is 0 Å². The van der Waals surface area contributed by atoms with Crippen LogP contribution in [0.15, 0.2) is 0 Å². The Labute approximate surface area is 336 Å². The molecule has 0 aromatic carbocycles. The van der Waals surface area contributed by atoms with Crippen molar-refractivity contribution in [1.29, 1.82) is 0 Å². The first kappa shape index (κ1) is 53.5. The number of carbonyl (C=O) groups is 1. The fourth-order valence-corrected chi connectivity index (χ4v) is 8.11. The molecular formula is C45H92NO7P. The summed E-state index contributed by atoms with van der Waals surface area (Å²) in [4.78, 5) is 14.4. The zero-order chi connectivity index (χ0) is 39.5. The predicted octanol–water partition coefficient (Wildman–Crippen LogP) is 13.9. The minimum atomic E-state index is -3.50. The van der Waals surface area contributed by atoms with E-state index in [-0.39, 0.29) is 12.6 Å². The molecule has 0 aliphatic carbocycles. The van der Waals surface area contributed by atoms with Crippen molar-refractivity contribution in [3.63, 3.8) is 0 Å². The molecule has 324 valence electrons. The van der Waals surface area contributed by atoms with Gasteiger partial charge in [-0.05, 0) is 58.0 Å². The van der Waals surface area contributed by atoms with E-state index in [1.165, 1.54) is 128 Å². The minimum absolute atomic E-state index is 0.0326. The van der Waals surface area contributed by atoms with Gasteiger partial charge >= 0.3 is 13.8 Å². The molecule has 9 heteroatoms. The second-order valence-corrected chi connectivity index (χ2v) is 17.4. The Morgan fingerprint density at radius 1 is 0.426 bits per heavy atom. The summed E-state index contributed by atoms with van der Waals surface area (Å²) in [6.45, 7) is 11.6. The first-order chi connectivity index (χ1) is 26.5. The molecule has 54 heavy (non-hydrogen) atoms. The van der Waals surface area contributed by atoms with E-state index in [0.29, 0.717) is 32.8 Å². The van der Waals surface area contributed by atoms with Crippen molar-refractivity contribution in [2.24, 2.45) is 0 Å². The number of hydrogen-bond acceptors (Lipinski definition) is 8. The molecule has 0 saturated heterocycles. The van der Waals surface area contributed by atoms with Gasteiger partial charge in [-0.15, -0.1) is 0 Å². The summed E-state index contributed by atoms with van der Waals surface area (Å²) >= 11 is 0. The highest BCUT2D eigenvalue weighted by Crippen LogP contribution is 2.50. The molecule has 0 aliphatic rings. The first-order valence-electron chi connectivity index (χ1n) is 23.5. The van der Waals surface area contributed by atoms with Crippen LogP contribution in [0.4, 0.5) is 0 Å². The molecule has 0 bridgehead atoms. The third kappa shape index (κ3) is 39.7. The summed E-state index contributed by atoms with van der Waals surface area (Å²) in [6.07, 6.45) is 37.9. The molecule has 0 aliphatic heterocycles. The average molecular weight is 790 g/mol. The van der Waals surface area contributed by atoms with Crippen LogP contribution in [-0.2, 0) is 27.7 Å². The van der Waals surface area contributed by atoms with Gasteiger partial charge in [-0.3, -0.25) is 18.4 Å². The molecule has 0 radical (unpaired) electrons. The minimum Gasteiger partial charge on any atom is -0.466 e. The summed E-state index contributed by atoms with van der Waals surface area (Å²) in [5.41, 5.74) is 0. The fraction of sp³-hybridized carbons (Fsp3) is 0.978. The van der Waals surface area contributed by atoms with Crippen molar-refractivity contribution in [1.82, 2.24) is 4.90 Å². The highest BCUT2D eigenvalue weighted by Gasteiger charge is 2.26. The molecule has 0 aromatic rings. The topological polar surface area (TPSA) is 94.5 Å². The second-order valence-electron chi connectivity index (χ2n) is 15.7. The lowest BCUT2D eigenvalue weighted by atomic mass is 10.1. The van der Waals surface area contributed by atoms with E-state index in [1.807, 2.05) is 0 Å². The van der Waals surface area contributed by atoms with Gasteiger partial charge < -0.3 is 14.7 Å². The first-order valence-corrected chi connectivity index (χ1v) is 25.0. The summed E-state index contributed by atoms with van der Waals surface area (Å²) in [6, 6.07) is 0. The maximum Gasteiger partial charge on any atom is 0.474 e. The molecule has 0 aromatic heterocycles. The number of rotatable bonds is 46. The Kier molecular flexibility index (Phi) is 43.2. The molecule has 0 heterocycles. The van der Waals surface area contributed by atoms with Crippen LogP contribution in [0.2, 0.25) is 0 Å². The maximum atomic E-state index is 13.3. The van der Waals surface area contributed by atoms with Gasteiger partial charge in [-0.2, -0.15) is 0 Å². The molecule has 0 fully saturated rings. The Bertz CT molecular complexity index is 802. The maximum absolute atomic E-state index is 13.3. The van der Waals surface area contributed by atoms with Crippen molar-refractivity contribution in [2.75, 3.05) is 52.7 Å². The summed E-state index contributed by atoms with van der Waals surface area (Å²) in [5.74, 6) is -0.0326. The lowest BCUT2D eigenvalue weighted by Crippen LogP contribution is -2.29. The van der Waals surface area contributed by atoms with Crippen LogP contribution < -0.4 is 0 Å². The molecule has 1 atom stereocenters. The van der Waals surface area contributed by atoms with Gasteiger partial charge in [0.05, 0.1) is 33.0 Å². The van der Waals surface area contributed by atoms with E-state index in [0.717, 1.165) is 96.7 Å². The molecule has 0 amide bonds. The second kappa shape index (κ2) is 43.6. The van der Waals surface area contributed by atoms with Crippen LogP contribution in [-0.4, -0.2) is 68.6 Å². The van der Waals surface area contributed by atoms with Crippen LogP contribution in [0.1, 0.15) is 233 Å². The van der Waals surface area contributed by atoms with E-state index in [1.54, 1.807) is 0 Å². The van der Waals surface area contributed by atoms with E-state index >= 15 is 0 Å². The van der Waals surface area contributed by atoms with Crippen molar-refractivity contribution in [2.45, 2.75) is 233 Å². The van der Waals surface area contributed by atoms with Gasteiger partial charge in [0.15, 0.2) is 0 Å². The van der Waals surface area contributed by atoms with Crippen LogP contribution >= 0.6 is 7.82 Å². The van der Waals surface area contributed by atoms with E-state index in [2.05, 4.69) is 25.7 Å². The SMILES string of the molecule is CCCCCCCCCOC(=O)CCCCCCCN(CCO)CCCCCCCCCOP(=O)(OCCCCCCCC)OCCCCCCCCC. The third-order valence-corrected chi connectivity index (χ3v) is 11.9. The summed E-state index contributed by atoms with van der Waals surface area (Å²) in [5, 5.41) is 9.55. The number of nitrogens with zero attached hydrogens (tertiary/aromatic N) is 1. The molecular weight excluding hydrogens is 697 g/mol. The molecule has 0 rings (SSSR count). The zero-order valence-electron chi connectivity index (χ0n) is 36.3. The standard InChI is InChI=1S/C45H92NO7P/c1-4-7-10-13-18-25-32-41-50-45(48)36-29-22-21-24-31-38-46(39-40-47)37-30-23-17-16-20-28-35-44-53-54(49,51-42-33-26-15-12-9-6-3)52-43-34-27-19-14-11-8-5-2/h47H,4-44H2,1-3H3. The molecule has 1 unspecified atom stereocenters. The molecule has 8 nitrogen and oxygen atoms in total. The van der Waals surface area contributed by atoms with Crippen LogP contribution in [0.25, 0.3) is 0 Å². The fourth-order valence-electron chi connectivity index (χ4n) is 6.83. The number of unbranched alkanes of at least 4 members (excludes halogenated alkanes) is 27. The number of hydrogen-bond donors (Lipinski definition) is 1. The van der Waals surface area contributed by atoms with Crippen LogP contribution in [0.5, 0.6) is 0 Å². The number of aliphatic hydroxyl groups excluding tert-OH is 1. The predicted molar refractivity (Wildman–Crippen MR) is 229 cm³/mol. The molecule has 0 saturated carbocycles. The number of ether oxygens (including phenoxy) is 1. The van der Waals surface area contributed by atoms with Crippen molar-refractivity contribution in [3.05, 3.63) is 0 Å². The molecule has 1 N–H and O–H groups in total. The van der Waals surface area contributed by atoms with Crippen LogP contribution in [0, 0.1) is 0 Å². The normalized spacial score (nSPS) is 12.8. The highest BCUT2D eigenvalue weighted by molar-refractivity contribution is 7.48. The smallest absolute Gasteiger partial charge is 0.466 e. The summed E-state index contributed by atoms with van der Waals surface area (Å²) in [7, 11) is -3.50. The van der Waals surface area contributed by atoms with Crippen molar-refractivity contribution in [3.8, 4) is 0 Å². The van der Waals surface area contributed by atoms with Gasteiger partial charge in [0.25, 0.3) is 0 Å². The third-order valence-electron chi connectivity index (χ3n) is 10.4. The number of aliphatic hydroxyl groups is 1. The number of phosphoric ester groups is 1. The lowest BCUT2D eigenvalue weighted by Gasteiger charge is -2.21. The Morgan fingerprint density at radius 2 is 0.741 bits per heavy atom. The largest absolute Gasteiger partial charge is 0.474 e. The van der Waals surface area contributed by atoms with Gasteiger partial charge in [0.1, 0.15) is 0 Å². The number of carbonyl (C=O) groups excluding carboxylic acids is 1. The van der Waals surface area contributed by atoms with Gasteiger partial charge in [-0.25, -0.2) is 4.57 Å². The van der Waals surface area contributed by atoms with Crippen molar-refractivity contribution < 1.29 is 32.8 Å². The highest BCUT2D eigenvalue weighted by atomic mass is 31.2. The average Bonchev–Trinajstić information content (AvgIpc) is 3.16. The molecule has 0 spiro atoms. The Hall–Kier alpha value is -0.500. The van der Waals surface area contributed by atoms with E-state index < -0.39 is 7.82 Å². The van der Waals surface area contributed by atoms with Crippen LogP contribution in [0.3, 0.4) is 0 Å². The van der Waals surface area contributed by atoms with E-state index in [9.17, 15) is 14.5 Å². The number of phosphoric acid groups is 1. The number of esters is 1. The van der Waals surface area contributed by atoms with Gasteiger partial charge in [0, 0.05) is 13.0 Å². The lowest BCUT2D eigenvalue weighted by molar-refractivity contribution is -0.143. The van der Waals surface area contributed by atoms with E-state index in [4.69, 9.17) is 18.3 Å². The van der Waals surface area contributed by atoms with Crippen molar-refractivity contribution >= 4 is 13.8 Å². The monoisotopic (exact) mass is 790 g/mol. The zero-order valence-corrected chi connectivity index (χ0v) is 37.2.